The quantitative estimate of drug-likeness (QED) is 0.212. The second kappa shape index (κ2) is 7.77. The first-order valence-electron chi connectivity index (χ1n) is 15.2. The zero-order chi connectivity index (χ0) is 28.6. The van der Waals surface area contributed by atoms with Crippen molar-refractivity contribution in [2.75, 3.05) is 4.90 Å². The van der Waals surface area contributed by atoms with Gasteiger partial charge in [0.05, 0.1) is 11.2 Å². The van der Waals surface area contributed by atoms with Crippen molar-refractivity contribution < 1.29 is 0 Å². The Labute approximate surface area is 253 Å². The molecule has 3 nitrogen and oxygen atoms in total. The van der Waals surface area contributed by atoms with Gasteiger partial charge in [0.25, 0.3) is 0 Å². The van der Waals surface area contributed by atoms with Crippen LogP contribution in [0.2, 0.25) is 0 Å². The van der Waals surface area contributed by atoms with Crippen LogP contribution < -0.4 is 4.90 Å². The largest absolute Gasteiger partial charge is 0.306 e. The molecule has 0 radical (unpaired) electrons. The molecule has 0 N–H and O–H groups in total. The highest BCUT2D eigenvalue weighted by Crippen LogP contribution is 2.71. The fourth-order valence-electron chi connectivity index (χ4n) is 8.52. The van der Waals surface area contributed by atoms with Gasteiger partial charge in [-0.15, -0.1) is 0 Å². The average molecular weight is 558 g/mol. The van der Waals surface area contributed by atoms with Gasteiger partial charge in [0.2, 0.25) is 0 Å². The summed E-state index contributed by atoms with van der Waals surface area (Å²) in [6.45, 7) is 0. The molecule has 2 aliphatic carbocycles. The summed E-state index contributed by atoms with van der Waals surface area (Å²) in [5.74, 6) is 1.68. The van der Waals surface area contributed by atoms with E-state index in [4.69, 9.17) is 9.97 Å². The van der Waals surface area contributed by atoms with Crippen LogP contribution in [-0.4, -0.2) is 9.97 Å². The molecule has 1 aliphatic heterocycles. The molecule has 1 unspecified atom stereocenters. The molecule has 8 aromatic rings. The summed E-state index contributed by atoms with van der Waals surface area (Å²) in [7, 11) is 0. The van der Waals surface area contributed by atoms with Crippen LogP contribution in [0.25, 0.3) is 66.1 Å². The Bertz CT molecular complexity index is 2570. The Morgan fingerprint density at radius 2 is 1.30 bits per heavy atom. The molecule has 1 atom stereocenters. The minimum Gasteiger partial charge on any atom is -0.306 e. The van der Waals surface area contributed by atoms with Crippen molar-refractivity contribution in [3.63, 3.8) is 0 Å². The summed E-state index contributed by atoms with van der Waals surface area (Å²) in [6, 6.07) is 50.6. The van der Waals surface area contributed by atoms with E-state index in [1.54, 1.807) is 0 Å². The molecule has 0 amide bonds. The highest BCUT2D eigenvalue weighted by atomic mass is 15.3. The number of para-hydroxylation sites is 1. The molecule has 0 saturated carbocycles. The van der Waals surface area contributed by atoms with E-state index < -0.39 is 5.54 Å². The van der Waals surface area contributed by atoms with Crippen molar-refractivity contribution >= 4 is 44.0 Å². The van der Waals surface area contributed by atoms with E-state index >= 15 is 0 Å². The molecule has 1 spiro atoms. The van der Waals surface area contributed by atoms with E-state index in [-0.39, 0.29) is 0 Å². The first kappa shape index (κ1) is 22.8. The zero-order valence-corrected chi connectivity index (χ0v) is 23.6. The monoisotopic (exact) mass is 557 g/mol. The molecule has 0 fully saturated rings. The van der Waals surface area contributed by atoms with Crippen LogP contribution in [0, 0.1) is 0 Å². The van der Waals surface area contributed by atoms with Crippen molar-refractivity contribution in [1.29, 1.82) is 0 Å². The van der Waals surface area contributed by atoms with Gasteiger partial charge in [-0.2, -0.15) is 0 Å². The molecular formula is C41H23N3. The molecular weight excluding hydrogens is 534 g/mol. The van der Waals surface area contributed by atoms with Gasteiger partial charge in [-0.3, -0.25) is 0 Å². The Morgan fingerprint density at radius 1 is 0.523 bits per heavy atom. The standard InChI is InChI=1S/C41H23N3/c1-2-11-25(12-3-1)39-42-33-19-9-7-17-29(33)40(43-39)44-34-20-10-14-24-21-22-30-36-27-15-5-4-13-26(27)23-31-28-16-6-8-18-32(28)41(44,38(31)36)37(30)35(24)34/h1-23H. The highest BCUT2D eigenvalue weighted by molar-refractivity contribution is 6.20. The molecule has 3 heteroatoms. The Morgan fingerprint density at radius 3 is 2.23 bits per heavy atom. The first-order valence-corrected chi connectivity index (χ1v) is 15.2. The molecule has 1 aromatic heterocycles. The summed E-state index contributed by atoms with van der Waals surface area (Å²) in [4.78, 5) is 13.1. The van der Waals surface area contributed by atoms with Crippen LogP contribution in [-0.2, 0) is 5.54 Å². The van der Waals surface area contributed by atoms with Crippen LogP contribution in [0.1, 0.15) is 16.7 Å². The topological polar surface area (TPSA) is 29.0 Å². The van der Waals surface area contributed by atoms with Crippen LogP contribution in [0.3, 0.4) is 0 Å². The summed E-state index contributed by atoms with van der Waals surface area (Å²) in [5.41, 5.74) is 12.0. The van der Waals surface area contributed by atoms with Gasteiger partial charge < -0.3 is 4.90 Å². The van der Waals surface area contributed by atoms with E-state index in [1.165, 1.54) is 66.2 Å². The third-order valence-corrected chi connectivity index (χ3v) is 10.1. The lowest BCUT2D eigenvalue weighted by Crippen LogP contribution is -2.40. The summed E-state index contributed by atoms with van der Waals surface area (Å²) in [6.07, 6.45) is 0. The van der Waals surface area contributed by atoms with E-state index in [0.29, 0.717) is 0 Å². The van der Waals surface area contributed by atoms with Crippen LogP contribution in [0.15, 0.2) is 140 Å². The molecule has 0 bridgehead atoms. The first-order chi connectivity index (χ1) is 21.8. The van der Waals surface area contributed by atoms with E-state index in [9.17, 15) is 0 Å². The van der Waals surface area contributed by atoms with Gasteiger partial charge in [-0.1, -0.05) is 115 Å². The fourth-order valence-corrected chi connectivity index (χ4v) is 8.52. The van der Waals surface area contributed by atoms with Crippen molar-refractivity contribution in [2.45, 2.75) is 5.54 Å². The summed E-state index contributed by atoms with van der Waals surface area (Å²) < 4.78 is 0. The predicted octanol–water partition coefficient (Wildman–Crippen LogP) is 10.0. The number of hydrogen-bond donors (Lipinski definition) is 0. The van der Waals surface area contributed by atoms with Gasteiger partial charge in [-0.25, -0.2) is 9.97 Å². The normalized spacial score (nSPS) is 16.7. The van der Waals surface area contributed by atoms with Gasteiger partial charge in [0.1, 0.15) is 11.4 Å². The van der Waals surface area contributed by atoms with Gasteiger partial charge in [-0.05, 0) is 68.2 Å². The number of benzene rings is 7. The third kappa shape index (κ3) is 2.49. The number of fused-ring (bicyclic) bond motifs is 6. The number of nitrogens with zero attached hydrogens (tertiary/aromatic N) is 3. The number of rotatable bonds is 2. The number of hydrogen-bond acceptors (Lipinski definition) is 3. The number of anilines is 2. The molecule has 2 heterocycles. The maximum Gasteiger partial charge on any atom is 0.162 e. The van der Waals surface area contributed by atoms with E-state index in [1.807, 2.05) is 6.07 Å². The molecule has 0 saturated heterocycles. The van der Waals surface area contributed by atoms with Crippen molar-refractivity contribution in [3.05, 3.63) is 156 Å². The predicted molar refractivity (Wildman–Crippen MR) is 179 cm³/mol. The Hall–Kier alpha value is -5.80. The lowest BCUT2D eigenvalue weighted by Gasteiger charge is -2.38. The molecule has 3 aliphatic rings. The van der Waals surface area contributed by atoms with Crippen molar-refractivity contribution in [1.82, 2.24) is 9.97 Å². The maximum absolute atomic E-state index is 5.48. The fraction of sp³-hybridized carbons (Fsp3) is 0.0244. The van der Waals surface area contributed by atoms with Gasteiger partial charge in [0.15, 0.2) is 5.82 Å². The van der Waals surface area contributed by atoms with Gasteiger partial charge >= 0.3 is 0 Å². The SMILES string of the molecule is c1ccc(-c2nc(N3c4cccc5ccc6c(c45)C34c3ccccc3-c3cc5ccccc5c-6c34)c3ccccc3n2)cc1. The smallest absolute Gasteiger partial charge is 0.162 e. The lowest BCUT2D eigenvalue weighted by atomic mass is 9.83. The summed E-state index contributed by atoms with van der Waals surface area (Å²) in [5, 5.41) is 6.20. The highest BCUT2D eigenvalue weighted by Gasteiger charge is 2.60. The molecule has 44 heavy (non-hydrogen) atoms. The Kier molecular flexibility index (Phi) is 4.02. The van der Waals surface area contributed by atoms with Crippen molar-refractivity contribution in [3.8, 4) is 33.6 Å². The minimum absolute atomic E-state index is 0.547. The second-order valence-corrected chi connectivity index (χ2v) is 12.1. The average Bonchev–Trinajstić information content (AvgIpc) is 3.67. The van der Waals surface area contributed by atoms with E-state index in [0.717, 1.165) is 28.1 Å². The van der Waals surface area contributed by atoms with Gasteiger partial charge in [0, 0.05) is 27.5 Å². The Balaban J connectivity index is 1.37. The minimum atomic E-state index is -0.547. The van der Waals surface area contributed by atoms with Crippen molar-refractivity contribution in [2.24, 2.45) is 0 Å². The molecule has 7 aromatic carbocycles. The van der Waals surface area contributed by atoms with Crippen LogP contribution in [0.5, 0.6) is 0 Å². The van der Waals surface area contributed by atoms with Crippen LogP contribution in [0.4, 0.5) is 11.5 Å². The number of aromatic nitrogens is 2. The van der Waals surface area contributed by atoms with E-state index in [2.05, 4.69) is 138 Å². The van der Waals surface area contributed by atoms with Crippen LogP contribution >= 0.6 is 0 Å². The molecule has 11 rings (SSSR count). The lowest BCUT2D eigenvalue weighted by molar-refractivity contribution is 0.680. The second-order valence-electron chi connectivity index (χ2n) is 12.1. The molecule has 202 valence electrons. The maximum atomic E-state index is 5.48. The zero-order valence-electron chi connectivity index (χ0n) is 23.6. The third-order valence-electron chi connectivity index (χ3n) is 10.1. The summed E-state index contributed by atoms with van der Waals surface area (Å²) >= 11 is 0.